The molecule has 0 aliphatic carbocycles. The minimum absolute atomic E-state index is 0.334. The second-order valence-corrected chi connectivity index (χ2v) is 8.79. The lowest BCUT2D eigenvalue weighted by molar-refractivity contribution is -0.129. The average Bonchev–Trinajstić information content (AvgIpc) is 2.77. The highest BCUT2D eigenvalue weighted by atomic mass is 35.5. The van der Waals surface area contributed by atoms with Gasteiger partial charge >= 0.3 is 0 Å². The Morgan fingerprint density at radius 3 is 2.73 bits per heavy atom. The minimum Gasteiger partial charge on any atom is -0.385 e. The lowest BCUT2D eigenvalue weighted by Gasteiger charge is -2.40. The Balaban J connectivity index is 2.07. The van der Waals surface area contributed by atoms with Crippen molar-refractivity contribution in [2.75, 3.05) is 33.4 Å². The molecule has 1 saturated heterocycles. The molecule has 0 amide bonds. The average molecular weight is 432 g/mol. The van der Waals surface area contributed by atoms with Crippen molar-refractivity contribution in [1.29, 1.82) is 0 Å². The summed E-state index contributed by atoms with van der Waals surface area (Å²) in [6, 6.07) is 14.3. The molecule has 2 atom stereocenters. The van der Waals surface area contributed by atoms with E-state index in [4.69, 9.17) is 21.1 Å². The van der Waals surface area contributed by atoms with Crippen molar-refractivity contribution in [1.82, 2.24) is 5.32 Å². The largest absolute Gasteiger partial charge is 0.385 e. The number of hydrogen-bond acceptors (Lipinski definition) is 4. The van der Waals surface area contributed by atoms with Crippen LogP contribution in [0.15, 0.2) is 42.5 Å². The molecule has 0 spiro atoms. The van der Waals surface area contributed by atoms with E-state index in [0.717, 1.165) is 36.1 Å². The predicted octanol–water partition coefficient (Wildman–Crippen LogP) is 5.12. The van der Waals surface area contributed by atoms with Gasteiger partial charge in [0.1, 0.15) is 11.7 Å². The Kier molecular flexibility index (Phi) is 8.32. The number of rotatable bonds is 9. The maximum Gasteiger partial charge on any atom is 0.118 e. The van der Waals surface area contributed by atoms with Crippen molar-refractivity contribution in [3.05, 3.63) is 58.6 Å². The number of unbranched alkanes of at least 4 members (excludes halogenated alkanes) is 1. The zero-order valence-electron chi connectivity index (χ0n) is 18.3. The number of nitrogens with one attached hydrogen (secondary N) is 1. The molecule has 0 saturated carbocycles. The number of morpholine rings is 1. The molecule has 4 nitrogen and oxygen atoms in total. The van der Waals surface area contributed by atoms with Crippen molar-refractivity contribution < 1.29 is 14.6 Å². The molecule has 2 aromatic carbocycles. The summed E-state index contributed by atoms with van der Waals surface area (Å²) in [5.41, 5.74) is 2.86. The van der Waals surface area contributed by atoms with Crippen LogP contribution in [0, 0.1) is 0 Å². The van der Waals surface area contributed by atoms with Crippen LogP contribution < -0.4 is 5.32 Å². The van der Waals surface area contributed by atoms with Crippen molar-refractivity contribution >= 4 is 11.6 Å². The third-order valence-corrected chi connectivity index (χ3v) is 6.25. The minimum atomic E-state index is -1.14. The Hall–Kier alpha value is -1.43. The van der Waals surface area contributed by atoms with Crippen molar-refractivity contribution in [3.63, 3.8) is 0 Å². The van der Waals surface area contributed by atoms with E-state index in [-0.39, 0.29) is 6.10 Å². The van der Waals surface area contributed by atoms with Gasteiger partial charge < -0.3 is 19.9 Å². The van der Waals surface area contributed by atoms with Gasteiger partial charge in [0.25, 0.3) is 0 Å². The van der Waals surface area contributed by atoms with E-state index in [1.54, 1.807) is 7.11 Å². The quantitative estimate of drug-likeness (QED) is 0.541. The highest BCUT2D eigenvalue weighted by Crippen LogP contribution is 2.42. The molecule has 0 bridgehead atoms. The molecule has 1 fully saturated rings. The number of hydrogen-bond donors (Lipinski definition) is 2. The van der Waals surface area contributed by atoms with E-state index >= 15 is 0 Å². The standard InChI is InChI=1S/C25H34ClNO3/c1-18(2)19-8-6-9-20(16-19)24-21(10-7-11-22(24)26)25(28,12-4-5-14-29-3)23-17-27-13-15-30-23/h6-11,16,18,23,27-28H,4-5,12-15,17H2,1-3H3/t23?,25-/m1/s1. The van der Waals surface area contributed by atoms with Gasteiger partial charge in [-0.25, -0.2) is 0 Å². The maximum atomic E-state index is 12.1. The number of methoxy groups -OCH3 is 1. The first-order chi connectivity index (χ1) is 14.5. The van der Waals surface area contributed by atoms with Crippen LogP contribution in [0.25, 0.3) is 11.1 Å². The third-order valence-electron chi connectivity index (χ3n) is 5.94. The van der Waals surface area contributed by atoms with E-state index in [9.17, 15) is 5.11 Å². The van der Waals surface area contributed by atoms with Crippen LogP contribution in [0.5, 0.6) is 0 Å². The molecule has 5 heteroatoms. The number of benzene rings is 2. The van der Waals surface area contributed by atoms with E-state index < -0.39 is 5.60 Å². The molecule has 1 heterocycles. The SMILES string of the molecule is COCCCC[C@@](O)(c1cccc(Cl)c1-c1cccc(C(C)C)c1)C1CNCCO1. The molecule has 2 N–H and O–H groups in total. The van der Waals surface area contributed by atoms with Gasteiger partial charge in [-0.2, -0.15) is 0 Å². The smallest absolute Gasteiger partial charge is 0.118 e. The molecule has 3 rings (SSSR count). The molecule has 1 unspecified atom stereocenters. The van der Waals surface area contributed by atoms with E-state index in [0.29, 0.717) is 37.1 Å². The third kappa shape index (κ3) is 5.24. The van der Waals surface area contributed by atoms with Crippen LogP contribution in [-0.4, -0.2) is 44.6 Å². The van der Waals surface area contributed by atoms with Crippen LogP contribution in [0.4, 0.5) is 0 Å². The summed E-state index contributed by atoms with van der Waals surface area (Å²) in [5, 5.41) is 16.1. The lowest BCUT2D eigenvalue weighted by atomic mass is 9.79. The second kappa shape index (κ2) is 10.7. The van der Waals surface area contributed by atoms with E-state index in [1.165, 1.54) is 5.56 Å². The van der Waals surface area contributed by atoms with Crippen molar-refractivity contribution in [3.8, 4) is 11.1 Å². The second-order valence-electron chi connectivity index (χ2n) is 8.38. The van der Waals surface area contributed by atoms with Crippen LogP contribution in [0.3, 0.4) is 0 Å². The topological polar surface area (TPSA) is 50.7 Å². The van der Waals surface area contributed by atoms with E-state index in [1.807, 2.05) is 18.2 Å². The fraction of sp³-hybridized carbons (Fsp3) is 0.520. The Morgan fingerprint density at radius 2 is 2.03 bits per heavy atom. The monoisotopic (exact) mass is 431 g/mol. The van der Waals surface area contributed by atoms with Crippen LogP contribution in [0.2, 0.25) is 5.02 Å². The molecule has 1 aliphatic rings. The molecule has 30 heavy (non-hydrogen) atoms. The zero-order valence-corrected chi connectivity index (χ0v) is 19.0. The Morgan fingerprint density at radius 1 is 1.23 bits per heavy atom. The number of ether oxygens (including phenoxy) is 2. The molecule has 1 aliphatic heterocycles. The number of aliphatic hydroxyl groups is 1. The van der Waals surface area contributed by atoms with Crippen LogP contribution in [0.1, 0.15) is 50.2 Å². The fourth-order valence-electron chi connectivity index (χ4n) is 4.21. The predicted molar refractivity (Wildman–Crippen MR) is 123 cm³/mol. The fourth-order valence-corrected chi connectivity index (χ4v) is 4.50. The summed E-state index contributed by atoms with van der Waals surface area (Å²) in [5.74, 6) is 0.412. The molecule has 0 aromatic heterocycles. The lowest BCUT2D eigenvalue weighted by Crippen LogP contribution is -2.51. The normalized spacial score (nSPS) is 19.1. The van der Waals surface area contributed by atoms with Gasteiger partial charge in [0, 0.05) is 37.4 Å². The summed E-state index contributed by atoms with van der Waals surface area (Å²) < 4.78 is 11.3. The molecular weight excluding hydrogens is 398 g/mol. The Labute approximate surface area is 185 Å². The summed E-state index contributed by atoms with van der Waals surface area (Å²) in [6.45, 7) is 7.04. The van der Waals surface area contributed by atoms with Gasteiger partial charge in [0.15, 0.2) is 0 Å². The molecule has 0 radical (unpaired) electrons. The maximum absolute atomic E-state index is 12.1. The first-order valence-electron chi connectivity index (χ1n) is 10.9. The van der Waals surface area contributed by atoms with Gasteiger partial charge in [-0.3, -0.25) is 0 Å². The van der Waals surface area contributed by atoms with Gasteiger partial charge in [-0.05, 0) is 47.9 Å². The van der Waals surface area contributed by atoms with Gasteiger partial charge in [0.2, 0.25) is 0 Å². The number of halogens is 1. The summed E-state index contributed by atoms with van der Waals surface area (Å²) >= 11 is 6.74. The highest BCUT2D eigenvalue weighted by Gasteiger charge is 2.41. The Bertz CT molecular complexity index is 820. The highest BCUT2D eigenvalue weighted by molar-refractivity contribution is 6.33. The van der Waals surface area contributed by atoms with E-state index in [2.05, 4.69) is 43.4 Å². The van der Waals surface area contributed by atoms with Gasteiger partial charge in [-0.1, -0.05) is 61.8 Å². The first kappa shape index (κ1) is 23.2. The molecule has 2 aromatic rings. The summed E-state index contributed by atoms with van der Waals surface area (Å²) in [6.07, 6.45) is 1.97. The molecular formula is C25H34ClNO3. The van der Waals surface area contributed by atoms with Crippen LogP contribution >= 0.6 is 11.6 Å². The van der Waals surface area contributed by atoms with Crippen LogP contribution in [-0.2, 0) is 15.1 Å². The van der Waals surface area contributed by atoms with Gasteiger partial charge in [0.05, 0.1) is 6.61 Å². The first-order valence-corrected chi connectivity index (χ1v) is 11.3. The van der Waals surface area contributed by atoms with Gasteiger partial charge in [-0.15, -0.1) is 0 Å². The summed E-state index contributed by atoms with van der Waals surface area (Å²) in [7, 11) is 1.71. The molecule has 164 valence electrons. The van der Waals surface area contributed by atoms with Crippen molar-refractivity contribution in [2.24, 2.45) is 0 Å². The summed E-state index contributed by atoms with van der Waals surface area (Å²) in [4.78, 5) is 0. The zero-order chi connectivity index (χ0) is 21.6. The van der Waals surface area contributed by atoms with Crippen molar-refractivity contribution in [2.45, 2.75) is 50.7 Å².